The van der Waals surface area contributed by atoms with Crippen molar-refractivity contribution in [3.8, 4) is 0 Å². The largest absolute Gasteiger partial charge is 0.385 e. The first-order valence-electron chi connectivity index (χ1n) is 7.69. The van der Waals surface area contributed by atoms with Crippen LogP contribution in [0.25, 0.3) is 10.9 Å². The van der Waals surface area contributed by atoms with Gasteiger partial charge in [-0.25, -0.2) is 9.97 Å². The number of fused-ring (bicyclic) bond motifs is 1. The van der Waals surface area contributed by atoms with Crippen molar-refractivity contribution >= 4 is 22.6 Å². The maximum Gasteiger partial charge on any atom is 0.240 e. The lowest BCUT2D eigenvalue weighted by Gasteiger charge is -2.33. The molecule has 2 heterocycles. The van der Waals surface area contributed by atoms with Crippen molar-refractivity contribution in [2.45, 2.75) is 19.0 Å². The number of rotatable bonds is 5. The van der Waals surface area contributed by atoms with Gasteiger partial charge in [0, 0.05) is 38.7 Å². The average molecular weight is 315 g/mol. The molecule has 1 aliphatic rings. The van der Waals surface area contributed by atoms with Gasteiger partial charge in [-0.3, -0.25) is 4.79 Å². The lowest BCUT2D eigenvalue weighted by atomic mass is 10.1. The molecule has 1 amide bonds. The minimum Gasteiger partial charge on any atom is -0.385 e. The van der Waals surface area contributed by atoms with E-state index in [0.29, 0.717) is 31.9 Å². The molecule has 1 aromatic heterocycles. The van der Waals surface area contributed by atoms with Gasteiger partial charge in [-0.05, 0) is 24.1 Å². The van der Waals surface area contributed by atoms with Crippen LogP contribution in [0.15, 0.2) is 24.5 Å². The Morgan fingerprint density at radius 1 is 1.43 bits per heavy atom. The molecule has 3 N–H and O–H groups in total. The van der Waals surface area contributed by atoms with Gasteiger partial charge in [0.15, 0.2) is 0 Å². The summed E-state index contributed by atoms with van der Waals surface area (Å²) in [5, 5.41) is 4.08. The summed E-state index contributed by atoms with van der Waals surface area (Å²) in [6, 6.07) is 5.69. The molecule has 1 atom stereocenters. The number of amides is 1. The van der Waals surface area contributed by atoms with Gasteiger partial charge in [0.2, 0.25) is 5.91 Å². The molecule has 122 valence electrons. The summed E-state index contributed by atoms with van der Waals surface area (Å²) in [5.74, 6) is 0.593. The minimum atomic E-state index is -0.165. The fraction of sp³-hybridized carbons (Fsp3) is 0.438. The molecule has 1 fully saturated rings. The number of methoxy groups -OCH3 is 1. The van der Waals surface area contributed by atoms with Crippen LogP contribution in [0.5, 0.6) is 0 Å². The Bertz CT molecular complexity index is 706. The number of nitrogens with one attached hydrogen (secondary N) is 1. The maximum absolute atomic E-state index is 12.5. The molecule has 0 bridgehead atoms. The molecule has 23 heavy (non-hydrogen) atoms. The molecular weight excluding hydrogens is 294 g/mol. The number of hydrogen-bond acceptors (Lipinski definition) is 6. The van der Waals surface area contributed by atoms with E-state index >= 15 is 0 Å². The fourth-order valence-electron chi connectivity index (χ4n) is 2.85. The normalized spacial score (nSPS) is 18.6. The Kier molecular flexibility index (Phi) is 4.68. The zero-order chi connectivity index (χ0) is 16.2. The van der Waals surface area contributed by atoms with E-state index in [0.717, 1.165) is 23.0 Å². The summed E-state index contributed by atoms with van der Waals surface area (Å²) >= 11 is 0. The predicted octanol–water partition coefficient (Wildman–Crippen LogP) is 0.549. The summed E-state index contributed by atoms with van der Waals surface area (Å²) in [6.07, 6.45) is 2.14. The average Bonchev–Trinajstić information content (AvgIpc) is 2.56. The second-order valence-corrected chi connectivity index (χ2v) is 5.66. The molecule has 0 saturated carbocycles. The molecule has 7 nitrogen and oxygen atoms in total. The quantitative estimate of drug-likeness (QED) is 0.837. The molecule has 2 aromatic rings. The monoisotopic (exact) mass is 315 g/mol. The van der Waals surface area contributed by atoms with Gasteiger partial charge in [-0.1, -0.05) is 6.07 Å². The summed E-state index contributed by atoms with van der Waals surface area (Å²) in [4.78, 5) is 22.6. The standard InChI is InChI=1S/C16H21N5O2/c1-23-7-4-13-16(22)21(6-5-18-13)9-11-2-3-12-14(8-11)19-10-20-15(12)17/h2-3,8,10,13,18H,4-7,9H2,1H3,(H2,17,19,20)/t13-/m0/s1. The zero-order valence-electron chi connectivity index (χ0n) is 13.2. The number of nitrogens with zero attached hydrogens (tertiary/aromatic N) is 3. The number of nitrogens with two attached hydrogens (primary N) is 1. The first-order chi connectivity index (χ1) is 11.2. The van der Waals surface area contributed by atoms with Gasteiger partial charge in [0.1, 0.15) is 12.1 Å². The van der Waals surface area contributed by atoms with Gasteiger partial charge in [0.05, 0.1) is 11.6 Å². The zero-order valence-corrected chi connectivity index (χ0v) is 13.2. The van der Waals surface area contributed by atoms with Crippen LogP contribution in [-0.2, 0) is 16.1 Å². The Morgan fingerprint density at radius 3 is 3.13 bits per heavy atom. The Hall–Kier alpha value is -2.25. The van der Waals surface area contributed by atoms with Gasteiger partial charge in [-0.15, -0.1) is 0 Å². The third kappa shape index (κ3) is 3.40. The Morgan fingerprint density at radius 2 is 2.30 bits per heavy atom. The van der Waals surface area contributed by atoms with E-state index in [4.69, 9.17) is 10.5 Å². The highest BCUT2D eigenvalue weighted by atomic mass is 16.5. The van der Waals surface area contributed by atoms with E-state index in [1.165, 1.54) is 6.33 Å². The summed E-state index contributed by atoms with van der Waals surface area (Å²) in [7, 11) is 1.65. The van der Waals surface area contributed by atoms with Crippen molar-refractivity contribution in [1.29, 1.82) is 0 Å². The van der Waals surface area contributed by atoms with E-state index in [9.17, 15) is 4.79 Å². The Labute approximate surface area is 134 Å². The van der Waals surface area contributed by atoms with E-state index in [1.54, 1.807) is 7.11 Å². The van der Waals surface area contributed by atoms with Crippen LogP contribution in [-0.4, -0.2) is 53.6 Å². The van der Waals surface area contributed by atoms with Gasteiger partial charge >= 0.3 is 0 Å². The first-order valence-corrected chi connectivity index (χ1v) is 7.69. The molecule has 1 aromatic carbocycles. The van der Waals surface area contributed by atoms with Crippen molar-refractivity contribution in [2.24, 2.45) is 0 Å². The number of ether oxygens (including phenoxy) is 1. The molecule has 0 unspecified atom stereocenters. The summed E-state index contributed by atoms with van der Waals surface area (Å²) in [5.41, 5.74) is 7.68. The number of piperazine rings is 1. The lowest BCUT2D eigenvalue weighted by molar-refractivity contribution is -0.136. The third-order valence-electron chi connectivity index (χ3n) is 4.10. The van der Waals surface area contributed by atoms with Gasteiger partial charge in [-0.2, -0.15) is 0 Å². The highest BCUT2D eigenvalue weighted by Crippen LogP contribution is 2.19. The number of carbonyl (C=O) groups excluding carboxylic acids is 1. The minimum absolute atomic E-state index is 0.121. The third-order valence-corrected chi connectivity index (χ3v) is 4.10. The molecular formula is C16H21N5O2. The van der Waals surface area contributed by atoms with Crippen LogP contribution in [0, 0.1) is 0 Å². The number of aromatic nitrogens is 2. The lowest BCUT2D eigenvalue weighted by Crippen LogP contribution is -2.54. The van der Waals surface area contributed by atoms with Crippen LogP contribution in [0.2, 0.25) is 0 Å². The van der Waals surface area contributed by atoms with Crippen LogP contribution in [0.1, 0.15) is 12.0 Å². The van der Waals surface area contributed by atoms with Crippen molar-refractivity contribution in [3.63, 3.8) is 0 Å². The molecule has 7 heteroatoms. The van der Waals surface area contributed by atoms with E-state index in [2.05, 4.69) is 15.3 Å². The highest BCUT2D eigenvalue weighted by Gasteiger charge is 2.27. The van der Waals surface area contributed by atoms with Crippen molar-refractivity contribution in [3.05, 3.63) is 30.1 Å². The number of nitrogen functional groups attached to an aromatic ring is 1. The number of carbonyl (C=O) groups is 1. The first kappa shape index (κ1) is 15.6. The van der Waals surface area contributed by atoms with Gasteiger partial charge in [0.25, 0.3) is 0 Å². The Balaban J connectivity index is 1.74. The number of hydrogen-bond donors (Lipinski definition) is 2. The second kappa shape index (κ2) is 6.89. The van der Waals surface area contributed by atoms with Crippen LogP contribution in [0.4, 0.5) is 5.82 Å². The SMILES string of the molecule is COCC[C@@H]1NCCN(Cc2ccc3c(N)ncnc3c2)C1=O. The molecule has 1 aliphatic heterocycles. The molecule has 0 aliphatic carbocycles. The number of anilines is 1. The number of benzene rings is 1. The van der Waals surface area contributed by atoms with Crippen LogP contribution < -0.4 is 11.1 Å². The van der Waals surface area contributed by atoms with Gasteiger partial charge < -0.3 is 20.7 Å². The molecule has 3 rings (SSSR count). The highest BCUT2D eigenvalue weighted by molar-refractivity contribution is 5.88. The molecule has 0 radical (unpaired) electrons. The summed E-state index contributed by atoms with van der Waals surface area (Å²) < 4.78 is 5.07. The van der Waals surface area contributed by atoms with Crippen LogP contribution >= 0.6 is 0 Å². The molecule has 1 saturated heterocycles. The van der Waals surface area contributed by atoms with Crippen molar-refractivity contribution in [1.82, 2.24) is 20.2 Å². The topological polar surface area (TPSA) is 93.4 Å². The van der Waals surface area contributed by atoms with Crippen LogP contribution in [0.3, 0.4) is 0 Å². The van der Waals surface area contributed by atoms with E-state index in [-0.39, 0.29) is 11.9 Å². The van der Waals surface area contributed by atoms with Crippen molar-refractivity contribution < 1.29 is 9.53 Å². The van der Waals surface area contributed by atoms with E-state index < -0.39 is 0 Å². The van der Waals surface area contributed by atoms with Crippen molar-refractivity contribution in [2.75, 3.05) is 32.5 Å². The second-order valence-electron chi connectivity index (χ2n) is 5.66. The fourth-order valence-corrected chi connectivity index (χ4v) is 2.85. The smallest absolute Gasteiger partial charge is 0.240 e. The van der Waals surface area contributed by atoms with E-state index in [1.807, 2.05) is 23.1 Å². The molecule has 0 spiro atoms. The predicted molar refractivity (Wildman–Crippen MR) is 87.7 cm³/mol. The summed E-state index contributed by atoms with van der Waals surface area (Å²) in [6.45, 7) is 2.64. The maximum atomic E-state index is 12.5.